The minimum Gasteiger partial charge on any atom is -0.394 e. The number of nitrogens with zero attached hydrogens (tertiary/aromatic N) is 2. The zero-order valence-electron chi connectivity index (χ0n) is 11.4. The average molecular weight is 259 g/mol. The molecular weight excluding hydrogens is 238 g/mol. The second-order valence-corrected chi connectivity index (χ2v) is 5.65. The predicted molar refractivity (Wildman–Crippen MR) is 73.2 cm³/mol. The molecule has 0 amide bonds. The van der Waals surface area contributed by atoms with E-state index in [9.17, 15) is 5.11 Å². The normalized spacial score (nSPS) is 26.9. The van der Waals surface area contributed by atoms with Crippen LogP contribution >= 0.6 is 0 Å². The second kappa shape index (κ2) is 6.14. The van der Waals surface area contributed by atoms with Gasteiger partial charge < -0.3 is 10.4 Å². The van der Waals surface area contributed by atoms with E-state index in [2.05, 4.69) is 17.2 Å². The highest BCUT2D eigenvalue weighted by Gasteiger charge is 2.33. The Labute approximate surface area is 114 Å². The summed E-state index contributed by atoms with van der Waals surface area (Å²) >= 11 is 0. The van der Waals surface area contributed by atoms with Crippen LogP contribution in [-0.4, -0.2) is 22.2 Å². The van der Waals surface area contributed by atoms with Gasteiger partial charge in [-0.05, 0) is 36.5 Å². The topological polar surface area (TPSA) is 68.9 Å². The highest BCUT2D eigenvalue weighted by Crippen LogP contribution is 2.32. The van der Waals surface area contributed by atoms with Gasteiger partial charge in [0.2, 0.25) is 0 Å². The molecular formula is C15H21N3O. The fourth-order valence-corrected chi connectivity index (χ4v) is 2.96. The van der Waals surface area contributed by atoms with Crippen LogP contribution in [0.25, 0.3) is 0 Å². The Morgan fingerprint density at radius 2 is 2.47 bits per heavy atom. The van der Waals surface area contributed by atoms with Crippen molar-refractivity contribution in [2.75, 3.05) is 6.61 Å². The lowest BCUT2D eigenvalue weighted by Gasteiger charge is -2.39. The van der Waals surface area contributed by atoms with Gasteiger partial charge in [0.05, 0.1) is 6.61 Å². The molecule has 19 heavy (non-hydrogen) atoms. The van der Waals surface area contributed by atoms with Gasteiger partial charge in [-0.2, -0.15) is 5.26 Å². The number of rotatable bonds is 4. The van der Waals surface area contributed by atoms with Gasteiger partial charge in [-0.1, -0.05) is 19.8 Å². The molecule has 1 aromatic rings. The van der Waals surface area contributed by atoms with Gasteiger partial charge in [0, 0.05) is 18.3 Å². The van der Waals surface area contributed by atoms with Crippen molar-refractivity contribution < 1.29 is 5.11 Å². The number of hydrogen-bond acceptors (Lipinski definition) is 4. The Morgan fingerprint density at radius 3 is 3.16 bits per heavy atom. The molecule has 0 spiro atoms. The Bertz CT molecular complexity index is 469. The minimum absolute atomic E-state index is 0.159. The van der Waals surface area contributed by atoms with Gasteiger partial charge >= 0.3 is 0 Å². The van der Waals surface area contributed by atoms with E-state index >= 15 is 0 Å². The maximum absolute atomic E-state index is 9.71. The molecule has 0 bridgehead atoms. The number of hydrogen-bond donors (Lipinski definition) is 2. The van der Waals surface area contributed by atoms with E-state index in [0.717, 1.165) is 24.8 Å². The van der Waals surface area contributed by atoms with Gasteiger partial charge in [0.1, 0.15) is 11.8 Å². The van der Waals surface area contributed by atoms with Gasteiger partial charge in [0.25, 0.3) is 0 Å². The number of nitrogens with one attached hydrogen (secondary N) is 1. The number of aliphatic hydroxyl groups is 1. The first kappa shape index (κ1) is 14.0. The van der Waals surface area contributed by atoms with E-state index in [4.69, 9.17) is 5.26 Å². The zero-order chi connectivity index (χ0) is 13.7. The molecule has 2 rings (SSSR count). The van der Waals surface area contributed by atoms with Gasteiger partial charge in [-0.15, -0.1) is 0 Å². The lowest BCUT2D eigenvalue weighted by molar-refractivity contribution is 0.0982. The Hall–Kier alpha value is -1.44. The van der Waals surface area contributed by atoms with Crippen molar-refractivity contribution in [1.82, 2.24) is 10.3 Å². The first-order valence-electron chi connectivity index (χ1n) is 6.88. The second-order valence-electron chi connectivity index (χ2n) is 5.65. The van der Waals surface area contributed by atoms with E-state index in [1.807, 2.05) is 12.1 Å². The first-order chi connectivity index (χ1) is 9.17. The van der Waals surface area contributed by atoms with E-state index in [0.29, 0.717) is 18.2 Å². The van der Waals surface area contributed by atoms with Crippen LogP contribution < -0.4 is 5.32 Å². The molecule has 1 aliphatic carbocycles. The predicted octanol–water partition coefficient (Wildman–Crippen LogP) is 1.98. The van der Waals surface area contributed by atoms with E-state index in [-0.39, 0.29) is 12.1 Å². The van der Waals surface area contributed by atoms with Crippen LogP contribution in [0.1, 0.15) is 43.9 Å². The summed E-state index contributed by atoms with van der Waals surface area (Å²) in [5, 5.41) is 22.0. The molecule has 0 radical (unpaired) electrons. The van der Waals surface area contributed by atoms with Crippen molar-refractivity contribution in [3.8, 4) is 6.07 Å². The van der Waals surface area contributed by atoms with Crippen molar-refractivity contribution in [2.45, 2.75) is 44.7 Å². The molecule has 0 aliphatic heterocycles. The Kier molecular flexibility index (Phi) is 4.52. The molecule has 2 N–H and O–H groups in total. The van der Waals surface area contributed by atoms with Crippen molar-refractivity contribution in [3.63, 3.8) is 0 Å². The van der Waals surface area contributed by atoms with E-state index < -0.39 is 0 Å². The summed E-state index contributed by atoms with van der Waals surface area (Å²) in [6, 6.07) is 5.75. The third-order valence-electron chi connectivity index (χ3n) is 4.00. The molecule has 4 nitrogen and oxygen atoms in total. The summed E-state index contributed by atoms with van der Waals surface area (Å²) < 4.78 is 0. The van der Waals surface area contributed by atoms with Crippen LogP contribution in [0, 0.1) is 17.2 Å². The molecule has 0 aromatic carbocycles. The zero-order valence-corrected chi connectivity index (χ0v) is 11.4. The van der Waals surface area contributed by atoms with Crippen LogP contribution in [0.3, 0.4) is 0 Å². The third-order valence-corrected chi connectivity index (χ3v) is 4.00. The summed E-state index contributed by atoms with van der Waals surface area (Å²) in [7, 11) is 0. The molecule has 0 saturated heterocycles. The SMILES string of the molecule is CC1CCCC(CO)(NCc2ccnc(C#N)c2)C1. The highest BCUT2D eigenvalue weighted by molar-refractivity contribution is 5.25. The van der Waals surface area contributed by atoms with Crippen molar-refractivity contribution in [3.05, 3.63) is 29.6 Å². The number of aliphatic hydroxyl groups excluding tert-OH is 1. The van der Waals surface area contributed by atoms with Crippen LogP contribution in [-0.2, 0) is 6.54 Å². The van der Waals surface area contributed by atoms with Crippen molar-refractivity contribution in [2.24, 2.45) is 5.92 Å². The van der Waals surface area contributed by atoms with Crippen molar-refractivity contribution in [1.29, 1.82) is 5.26 Å². The summed E-state index contributed by atoms with van der Waals surface area (Å²) in [4.78, 5) is 3.96. The lowest BCUT2D eigenvalue weighted by atomic mass is 9.77. The maximum Gasteiger partial charge on any atom is 0.140 e. The van der Waals surface area contributed by atoms with Crippen LogP contribution in [0.2, 0.25) is 0 Å². The van der Waals surface area contributed by atoms with Gasteiger partial charge in [-0.25, -0.2) is 4.98 Å². The minimum atomic E-state index is -0.159. The van der Waals surface area contributed by atoms with Crippen LogP contribution in [0.4, 0.5) is 0 Å². The molecule has 1 saturated carbocycles. The molecule has 1 aromatic heterocycles. The van der Waals surface area contributed by atoms with Gasteiger partial charge in [0.15, 0.2) is 0 Å². The fourth-order valence-electron chi connectivity index (χ4n) is 2.96. The Balaban J connectivity index is 2.01. The smallest absolute Gasteiger partial charge is 0.140 e. The van der Waals surface area contributed by atoms with E-state index in [1.165, 1.54) is 6.42 Å². The molecule has 2 atom stereocenters. The Morgan fingerprint density at radius 1 is 1.63 bits per heavy atom. The number of nitriles is 1. The molecule has 102 valence electrons. The fraction of sp³-hybridized carbons (Fsp3) is 0.600. The number of pyridine rings is 1. The highest BCUT2D eigenvalue weighted by atomic mass is 16.3. The quantitative estimate of drug-likeness (QED) is 0.867. The lowest BCUT2D eigenvalue weighted by Crippen LogP contribution is -2.51. The summed E-state index contributed by atoms with van der Waals surface area (Å²) in [5.41, 5.74) is 1.32. The van der Waals surface area contributed by atoms with Crippen molar-refractivity contribution >= 4 is 0 Å². The molecule has 2 unspecified atom stereocenters. The summed E-state index contributed by atoms with van der Waals surface area (Å²) in [5.74, 6) is 0.653. The molecule has 4 heteroatoms. The van der Waals surface area contributed by atoms with Crippen LogP contribution in [0.5, 0.6) is 0 Å². The molecule has 1 aliphatic rings. The largest absolute Gasteiger partial charge is 0.394 e. The monoisotopic (exact) mass is 259 g/mol. The third kappa shape index (κ3) is 3.52. The van der Waals surface area contributed by atoms with Gasteiger partial charge in [-0.3, -0.25) is 0 Å². The molecule has 1 heterocycles. The summed E-state index contributed by atoms with van der Waals surface area (Å²) in [6.45, 7) is 3.09. The first-order valence-corrected chi connectivity index (χ1v) is 6.88. The average Bonchev–Trinajstić information content (AvgIpc) is 2.45. The standard InChI is InChI=1S/C15H21N3O/c1-12-3-2-5-15(8-12,11-19)18-10-13-4-6-17-14(7-13)9-16/h4,6-7,12,18-19H,2-3,5,8,10-11H2,1H3. The molecule has 1 fully saturated rings. The maximum atomic E-state index is 9.71. The summed E-state index contributed by atoms with van der Waals surface area (Å²) in [6.07, 6.45) is 6.10. The number of aromatic nitrogens is 1. The van der Waals surface area contributed by atoms with Crippen LogP contribution in [0.15, 0.2) is 18.3 Å². The van der Waals surface area contributed by atoms with E-state index in [1.54, 1.807) is 12.3 Å².